The van der Waals surface area contributed by atoms with Crippen molar-refractivity contribution in [1.82, 2.24) is 4.90 Å². The Morgan fingerprint density at radius 3 is 2.23 bits per heavy atom. The van der Waals surface area contributed by atoms with Gasteiger partial charge in [0.2, 0.25) is 0 Å². The quantitative estimate of drug-likeness (QED) is 0.775. The Balaban J connectivity index is 1.24. The lowest BCUT2D eigenvalue weighted by Crippen LogP contribution is -2.47. The van der Waals surface area contributed by atoms with E-state index in [0.29, 0.717) is 0 Å². The zero-order valence-electron chi connectivity index (χ0n) is 15.1. The summed E-state index contributed by atoms with van der Waals surface area (Å²) in [4.78, 5) is 17.1. The highest BCUT2D eigenvalue weighted by atomic mass is 16.5. The Morgan fingerprint density at radius 1 is 0.885 bits per heavy atom. The van der Waals surface area contributed by atoms with E-state index in [4.69, 9.17) is 4.74 Å². The highest BCUT2D eigenvalue weighted by molar-refractivity contribution is 5.80. The van der Waals surface area contributed by atoms with Gasteiger partial charge in [-0.05, 0) is 24.1 Å². The van der Waals surface area contributed by atoms with Crippen LogP contribution in [0.3, 0.4) is 0 Å². The van der Waals surface area contributed by atoms with E-state index in [1.54, 1.807) is 0 Å². The second-order valence-electron chi connectivity index (χ2n) is 7.21. The second-order valence-corrected chi connectivity index (χ2v) is 7.21. The number of ether oxygens (including phenoxy) is 1. The molecular formula is C22H26N2O2. The summed E-state index contributed by atoms with van der Waals surface area (Å²) in [5.74, 6) is -0.147. The minimum Gasteiger partial charge on any atom is -0.462 e. The molecule has 4 rings (SSSR count). The summed E-state index contributed by atoms with van der Waals surface area (Å²) in [6.07, 6.45) is 1.80. The monoisotopic (exact) mass is 350 g/mol. The normalized spacial score (nSPS) is 23.8. The van der Waals surface area contributed by atoms with Gasteiger partial charge in [0.05, 0.1) is 5.92 Å². The lowest BCUT2D eigenvalue weighted by molar-refractivity contribution is -0.142. The van der Waals surface area contributed by atoms with Crippen LogP contribution in [0.2, 0.25) is 0 Å². The van der Waals surface area contributed by atoms with E-state index >= 15 is 0 Å². The topological polar surface area (TPSA) is 32.8 Å². The number of rotatable bonds is 5. The summed E-state index contributed by atoms with van der Waals surface area (Å²) in [5, 5.41) is 0. The molecule has 26 heavy (non-hydrogen) atoms. The van der Waals surface area contributed by atoms with Gasteiger partial charge >= 0.3 is 5.97 Å². The molecule has 0 saturated carbocycles. The van der Waals surface area contributed by atoms with E-state index in [1.807, 2.05) is 30.3 Å². The maximum absolute atomic E-state index is 12.2. The summed E-state index contributed by atoms with van der Waals surface area (Å²) in [5.41, 5.74) is 2.39. The average molecular weight is 350 g/mol. The fraction of sp³-hybridized carbons (Fsp3) is 0.409. The first kappa shape index (κ1) is 17.1. The standard InChI is InChI=1S/C22H26N2O2/c25-22-21(18-7-3-1-4-8-18)17-20(26-22)11-12-23-13-15-24(16-14-23)19-9-5-2-6-10-19/h1-10,20-21H,11-17H2/t20-,21?/m1/s1. The fourth-order valence-electron chi connectivity index (χ4n) is 3.98. The van der Waals surface area contributed by atoms with Crippen LogP contribution in [-0.2, 0) is 9.53 Å². The summed E-state index contributed by atoms with van der Waals surface area (Å²) >= 11 is 0. The highest BCUT2D eigenvalue weighted by Crippen LogP contribution is 2.32. The molecule has 0 aromatic heterocycles. The minimum atomic E-state index is -0.0869. The van der Waals surface area contributed by atoms with Gasteiger partial charge in [0, 0.05) is 44.8 Å². The number of hydrogen-bond donors (Lipinski definition) is 0. The van der Waals surface area contributed by atoms with E-state index < -0.39 is 0 Å². The molecule has 0 bridgehead atoms. The molecular weight excluding hydrogens is 324 g/mol. The molecule has 2 aromatic rings. The molecule has 136 valence electrons. The molecule has 2 saturated heterocycles. The molecule has 2 fully saturated rings. The van der Waals surface area contributed by atoms with Crippen molar-refractivity contribution in [3.05, 3.63) is 66.2 Å². The van der Waals surface area contributed by atoms with Crippen LogP contribution in [0.4, 0.5) is 5.69 Å². The summed E-state index contributed by atoms with van der Waals surface area (Å²) < 4.78 is 5.63. The fourth-order valence-corrected chi connectivity index (χ4v) is 3.98. The summed E-state index contributed by atoms with van der Waals surface area (Å²) in [6, 6.07) is 20.6. The minimum absolute atomic E-state index is 0.0554. The van der Waals surface area contributed by atoms with Crippen LogP contribution in [0.1, 0.15) is 24.3 Å². The lowest BCUT2D eigenvalue weighted by Gasteiger charge is -2.36. The van der Waals surface area contributed by atoms with Crippen LogP contribution in [-0.4, -0.2) is 49.7 Å². The van der Waals surface area contributed by atoms with Crippen molar-refractivity contribution in [2.75, 3.05) is 37.6 Å². The van der Waals surface area contributed by atoms with E-state index in [9.17, 15) is 4.79 Å². The number of esters is 1. The maximum atomic E-state index is 12.2. The molecule has 4 nitrogen and oxygen atoms in total. The number of benzene rings is 2. The zero-order valence-corrected chi connectivity index (χ0v) is 15.1. The third kappa shape index (κ3) is 3.91. The molecule has 2 atom stereocenters. The van der Waals surface area contributed by atoms with E-state index in [2.05, 4.69) is 40.1 Å². The van der Waals surface area contributed by atoms with Crippen LogP contribution in [0.5, 0.6) is 0 Å². The second kappa shape index (κ2) is 7.92. The SMILES string of the molecule is O=C1O[C@H](CCN2CCN(c3ccccc3)CC2)CC1c1ccccc1. The number of anilines is 1. The van der Waals surface area contributed by atoms with Crippen LogP contribution < -0.4 is 4.90 Å². The molecule has 4 heteroatoms. The Morgan fingerprint density at radius 2 is 1.54 bits per heavy atom. The molecule has 0 spiro atoms. The molecule has 1 unspecified atom stereocenters. The molecule has 2 heterocycles. The first-order chi connectivity index (χ1) is 12.8. The van der Waals surface area contributed by atoms with Crippen molar-refractivity contribution in [3.63, 3.8) is 0 Å². The number of carbonyl (C=O) groups is 1. The Kier molecular flexibility index (Phi) is 5.21. The van der Waals surface area contributed by atoms with Crippen molar-refractivity contribution >= 4 is 11.7 Å². The van der Waals surface area contributed by atoms with Gasteiger partial charge in [0.1, 0.15) is 6.10 Å². The molecule has 0 N–H and O–H groups in total. The van der Waals surface area contributed by atoms with Gasteiger partial charge in [0.15, 0.2) is 0 Å². The molecule has 0 radical (unpaired) electrons. The van der Waals surface area contributed by atoms with Crippen LogP contribution in [0.15, 0.2) is 60.7 Å². The van der Waals surface area contributed by atoms with E-state index in [1.165, 1.54) is 5.69 Å². The number of cyclic esters (lactones) is 1. The van der Waals surface area contributed by atoms with E-state index in [0.717, 1.165) is 51.1 Å². The average Bonchev–Trinajstić information content (AvgIpc) is 3.09. The number of nitrogens with zero attached hydrogens (tertiary/aromatic N) is 2. The lowest BCUT2D eigenvalue weighted by atomic mass is 9.95. The van der Waals surface area contributed by atoms with Crippen molar-refractivity contribution in [3.8, 4) is 0 Å². The van der Waals surface area contributed by atoms with Crippen LogP contribution in [0, 0.1) is 0 Å². The van der Waals surface area contributed by atoms with Gasteiger partial charge in [-0.2, -0.15) is 0 Å². The first-order valence-corrected chi connectivity index (χ1v) is 9.57. The van der Waals surface area contributed by atoms with E-state index in [-0.39, 0.29) is 18.0 Å². The first-order valence-electron chi connectivity index (χ1n) is 9.57. The Hall–Kier alpha value is -2.33. The van der Waals surface area contributed by atoms with Gasteiger partial charge in [0.25, 0.3) is 0 Å². The Bertz CT molecular complexity index is 711. The number of piperazine rings is 1. The zero-order chi connectivity index (χ0) is 17.8. The van der Waals surface area contributed by atoms with Gasteiger partial charge < -0.3 is 9.64 Å². The number of carbonyl (C=O) groups excluding carboxylic acids is 1. The molecule has 0 aliphatic carbocycles. The largest absolute Gasteiger partial charge is 0.462 e. The molecule has 2 aliphatic heterocycles. The predicted molar refractivity (Wildman–Crippen MR) is 103 cm³/mol. The van der Waals surface area contributed by atoms with Gasteiger partial charge in [-0.25, -0.2) is 0 Å². The molecule has 2 aliphatic rings. The summed E-state index contributed by atoms with van der Waals surface area (Å²) in [6.45, 7) is 5.25. The van der Waals surface area contributed by atoms with Gasteiger partial charge in [-0.3, -0.25) is 9.69 Å². The van der Waals surface area contributed by atoms with Gasteiger partial charge in [-0.15, -0.1) is 0 Å². The van der Waals surface area contributed by atoms with Crippen molar-refractivity contribution < 1.29 is 9.53 Å². The predicted octanol–water partition coefficient (Wildman–Crippen LogP) is 3.30. The maximum Gasteiger partial charge on any atom is 0.313 e. The van der Waals surface area contributed by atoms with Crippen LogP contribution >= 0.6 is 0 Å². The third-order valence-corrected chi connectivity index (χ3v) is 5.53. The molecule has 0 amide bonds. The summed E-state index contributed by atoms with van der Waals surface area (Å²) in [7, 11) is 0. The Labute approximate surface area is 155 Å². The van der Waals surface area contributed by atoms with Gasteiger partial charge in [-0.1, -0.05) is 48.5 Å². The molecule has 2 aromatic carbocycles. The smallest absolute Gasteiger partial charge is 0.313 e. The van der Waals surface area contributed by atoms with Crippen molar-refractivity contribution in [1.29, 1.82) is 0 Å². The third-order valence-electron chi connectivity index (χ3n) is 5.53. The van der Waals surface area contributed by atoms with Crippen LogP contribution in [0.25, 0.3) is 0 Å². The number of hydrogen-bond acceptors (Lipinski definition) is 4. The van der Waals surface area contributed by atoms with Crippen molar-refractivity contribution in [2.24, 2.45) is 0 Å². The highest BCUT2D eigenvalue weighted by Gasteiger charge is 2.35. The number of para-hydroxylation sites is 1. The van der Waals surface area contributed by atoms with Crippen molar-refractivity contribution in [2.45, 2.75) is 24.9 Å².